The van der Waals surface area contributed by atoms with Gasteiger partial charge in [0.05, 0.1) is 0 Å². The minimum Gasteiger partial charge on any atom is -0.457 e. The average Bonchev–Trinajstić information content (AvgIpc) is 2.71. The molecule has 0 aliphatic rings. The fourth-order valence-corrected chi connectivity index (χ4v) is 3.42. The number of rotatable bonds is 12. The topological polar surface area (TPSA) is 43.4 Å². The lowest BCUT2D eigenvalue weighted by Gasteiger charge is -2.13. The summed E-state index contributed by atoms with van der Waals surface area (Å²) in [5.41, 5.74) is 3.18. The summed E-state index contributed by atoms with van der Waals surface area (Å²) in [4.78, 5) is 24.5. The molecule has 0 radical (unpaired) electrons. The number of alkyl halides is 2. The molecular weight excluding hydrogens is 407 g/mol. The van der Waals surface area contributed by atoms with Crippen molar-refractivity contribution in [2.45, 2.75) is 52.4 Å². The molecule has 0 amide bonds. The van der Waals surface area contributed by atoms with Crippen molar-refractivity contribution in [2.24, 2.45) is 0 Å². The predicted octanol–water partition coefficient (Wildman–Crippen LogP) is 7.28. The number of carbonyl (C=O) groups excluding carboxylic acids is 2. The normalized spacial score (nSPS) is 10.8. The molecule has 156 valence electrons. The molecule has 0 saturated carbocycles. The molecule has 0 unspecified atom stereocenters. The van der Waals surface area contributed by atoms with Gasteiger partial charge in [-0.3, -0.25) is 9.59 Å². The van der Waals surface area contributed by atoms with Gasteiger partial charge in [0, 0.05) is 35.7 Å². The second-order valence-electron chi connectivity index (χ2n) is 7.20. The van der Waals surface area contributed by atoms with E-state index in [1.807, 2.05) is 38.1 Å². The first kappa shape index (κ1) is 23.4. The third-order valence-electron chi connectivity index (χ3n) is 4.79. The molecule has 0 fully saturated rings. The van der Waals surface area contributed by atoms with Crippen molar-refractivity contribution in [3.05, 3.63) is 58.7 Å². The van der Waals surface area contributed by atoms with Gasteiger partial charge in [0.15, 0.2) is 11.6 Å². The summed E-state index contributed by atoms with van der Waals surface area (Å²) in [5.74, 6) is 2.81. The summed E-state index contributed by atoms with van der Waals surface area (Å²) in [7, 11) is 0. The van der Waals surface area contributed by atoms with Crippen molar-refractivity contribution in [1.82, 2.24) is 0 Å². The minimum atomic E-state index is 0.123. The van der Waals surface area contributed by atoms with Crippen molar-refractivity contribution in [3.8, 4) is 11.5 Å². The molecule has 0 heterocycles. The molecule has 0 bridgehead atoms. The Morgan fingerprint density at radius 2 is 1.14 bits per heavy atom. The van der Waals surface area contributed by atoms with Crippen molar-refractivity contribution < 1.29 is 14.3 Å². The molecule has 0 aromatic heterocycles. The smallest absolute Gasteiger partial charge is 0.162 e. The number of halogens is 2. The van der Waals surface area contributed by atoms with E-state index in [0.29, 0.717) is 47.2 Å². The number of hydrogen-bond acceptors (Lipinski definition) is 3. The van der Waals surface area contributed by atoms with Crippen LogP contribution in [0.15, 0.2) is 36.4 Å². The van der Waals surface area contributed by atoms with Gasteiger partial charge in [-0.15, -0.1) is 23.2 Å². The Balaban J connectivity index is 2.05. The van der Waals surface area contributed by atoms with Crippen LogP contribution in [-0.2, 0) is 0 Å². The number of benzene rings is 2. The fourth-order valence-electron chi connectivity index (χ4n) is 3.04. The second-order valence-corrected chi connectivity index (χ2v) is 7.96. The monoisotopic (exact) mass is 434 g/mol. The largest absolute Gasteiger partial charge is 0.457 e. The Labute approximate surface area is 183 Å². The lowest BCUT2D eigenvalue weighted by atomic mass is 10.0. The maximum Gasteiger partial charge on any atom is 0.162 e. The van der Waals surface area contributed by atoms with Crippen LogP contribution in [0.25, 0.3) is 0 Å². The van der Waals surface area contributed by atoms with Crippen LogP contribution < -0.4 is 4.74 Å². The van der Waals surface area contributed by atoms with Crippen molar-refractivity contribution in [2.75, 3.05) is 11.8 Å². The molecule has 0 spiro atoms. The number of ether oxygens (including phenoxy) is 1. The number of Topliss-reactive ketones (excluding diaryl/α,β-unsaturated/α-hetero) is 2. The number of ketones is 2. The van der Waals surface area contributed by atoms with Crippen LogP contribution in [0.1, 0.15) is 70.4 Å². The summed E-state index contributed by atoms with van der Waals surface area (Å²) < 4.78 is 6.05. The van der Waals surface area contributed by atoms with Crippen molar-refractivity contribution >= 4 is 34.8 Å². The Bertz CT molecular complexity index is 777. The average molecular weight is 435 g/mol. The number of unbranched alkanes of at least 4 members (excludes halogenated alkanes) is 2. The number of aryl methyl sites for hydroxylation is 2. The van der Waals surface area contributed by atoms with Crippen LogP contribution in [0, 0.1) is 13.8 Å². The van der Waals surface area contributed by atoms with Crippen LogP contribution in [0.2, 0.25) is 0 Å². The first-order valence-corrected chi connectivity index (χ1v) is 11.1. The van der Waals surface area contributed by atoms with E-state index >= 15 is 0 Å². The molecule has 2 aromatic carbocycles. The highest BCUT2D eigenvalue weighted by molar-refractivity contribution is 6.18. The van der Waals surface area contributed by atoms with Crippen LogP contribution >= 0.6 is 23.2 Å². The quantitative estimate of drug-likeness (QED) is 0.200. The SMILES string of the molecule is Cc1cc(C(=O)CCCCCl)ccc1Oc1ccc(C(=O)CCCCCl)cc1C. The molecule has 0 N–H and O–H groups in total. The van der Waals surface area contributed by atoms with E-state index in [1.165, 1.54) is 0 Å². The Morgan fingerprint density at radius 3 is 1.48 bits per heavy atom. The fraction of sp³-hybridized carbons (Fsp3) is 0.417. The Hall–Kier alpha value is -1.84. The molecule has 0 aliphatic carbocycles. The van der Waals surface area contributed by atoms with Gasteiger partial charge in [-0.1, -0.05) is 0 Å². The van der Waals surface area contributed by atoms with Gasteiger partial charge in [0.25, 0.3) is 0 Å². The summed E-state index contributed by atoms with van der Waals surface area (Å²) in [6, 6.07) is 11.0. The number of hydrogen-bond donors (Lipinski definition) is 0. The number of carbonyl (C=O) groups is 2. The van der Waals surface area contributed by atoms with E-state index in [-0.39, 0.29) is 11.6 Å². The van der Waals surface area contributed by atoms with E-state index in [4.69, 9.17) is 27.9 Å². The van der Waals surface area contributed by atoms with Crippen LogP contribution in [0.4, 0.5) is 0 Å². The molecule has 0 aliphatic heterocycles. The summed E-state index contributed by atoms with van der Waals surface area (Å²) >= 11 is 11.3. The van der Waals surface area contributed by atoms with Gasteiger partial charge in [-0.2, -0.15) is 0 Å². The van der Waals surface area contributed by atoms with Gasteiger partial charge in [-0.25, -0.2) is 0 Å². The molecular formula is C24H28Cl2O3. The lowest BCUT2D eigenvalue weighted by Crippen LogP contribution is -2.02. The van der Waals surface area contributed by atoms with E-state index < -0.39 is 0 Å². The van der Waals surface area contributed by atoms with E-state index in [1.54, 1.807) is 12.1 Å². The zero-order valence-electron chi connectivity index (χ0n) is 17.1. The zero-order chi connectivity index (χ0) is 21.2. The third-order valence-corrected chi connectivity index (χ3v) is 5.32. The molecule has 2 rings (SSSR count). The van der Waals surface area contributed by atoms with Gasteiger partial charge < -0.3 is 4.74 Å². The molecule has 0 saturated heterocycles. The van der Waals surface area contributed by atoms with Gasteiger partial charge in [-0.05, 0) is 87.1 Å². The van der Waals surface area contributed by atoms with Gasteiger partial charge >= 0.3 is 0 Å². The zero-order valence-corrected chi connectivity index (χ0v) is 18.6. The summed E-state index contributed by atoms with van der Waals surface area (Å²) in [6.45, 7) is 3.85. The van der Waals surface area contributed by atoms with Crippen molar-refractivity contribution in [1.29, 1.82) is 0 Å². The summed E-state index contributed by atoms with van der Waals surface area (Å²) in [6.07, 6.45) is 4.30. The predicted molar refractivity (Wildman–Crippen MR) is 120 cm³/mol. The molecule has 0 atom stereocenters. The molecule has 2 aromatic rings. The maximum absolute atomic E-state index is 12.3. The molecule has 5 heteroatoms. The van der Waals surface area contributed by atoms with Gasteiger partial charge in [0.2, 0.25) is 0 Å². The van der Waals surface area contributed by atoms with Crippen LogP contribution in [0.3, 0.4) is 0 Å². The highest BCUT2D eigenvalue weighted by atomic mass is 35.5. The minimum absolute atomic E-state index is 0.123. The second kappa shape index (κ2) is 12.0. The molecule has 3 nitrogen and oxygen atoms in total. The van der Waals surface area contributed by atoms with E-state index in [0.717, 1.165) is 36.8 Å². The van der Waals surface area contributed by atoms with Crippen molar-refractivity contribution in [3.63, 3.8) is 0 Å². The van der Waals surface area contributed by atoms with E-state index in [9.17, 15) is 9.59 Å². The van der Waals surface area contributed by atoms with E-state index in [2.05, 4.69) is 0 Å². The van der Waals surface area contributed by atoms with Crippen LogP contribution in [0.5, 0.6) is 11.5 Å². The third kappa shape index (κ3) is 7.17. The standard InChI is InChI=1S/C24H28Cl2O3/c1-17-15-19(21(27)7-3-5-13-25)9-11-23(17)29-24-12-10-20(16-18(24)2)22(28)8-4-6-14-26/h9-12,15-16H,3-8,13-14H2,1-2H3. The first-order valence-electron chi connectivity index (χ1n) is 10.0. The maximum atomic E-state index is 12.3. The lowest BCUT2D eigenvalue weighted by molar-refractivity contribution is 0.0972. The molecule has 29 heavy (non-hydrogen) atoms. The first-order chi connectivity index (χ1) is 14.0. The highest BCUT2D eigenvalue weighted by Gasteiger charge is 2.12. The van der Waals surface area contributed by atoms with Crippen LogP contribution in [-0.4, -0.2) is 23.3 Å². The Kier molecular flexibility index (Phi) is 9.69. The highest BCUT2D eigenvalue weighted by Crippen LogP contribution is 2.29. The Morgan fingerprint density at radius 1 is 0.724 bits per heavy atom. The van der Waals surface area contributed by atoms with Gasteiger partial charge in [0.1, 0.15) is 11.5 Å². The summed E-state index contributed by atoms with van der Waals surface area (Å²) in [5, 5.41) is 0.